The SMILES string of the molecule is CCC(CC[C@@H](C)[C@H]1CC[C@H]2[C@@H]3CCC4=C[C@@H](O)CC[C@]4(C)[C@H]3CC[C@]12C)C(C)C. The van der Waals surface area contributed by atoms with Crippen LogP contribution in [0.15, 0.2) is 11.6 Å². The summed E-state index contributed by atoms with van der Waals surface area (Å²) in [6.07, 6.45) is 17.1. The molecule has 0 aromatic heterocycles. The van der Waals surface area contributed by atoms with Gasteiger partial charge in [-0.05, 0) is 110 Å². The van der Waals surface area contributed by atoms with E-state index in [0.29, 0.717) is 10.8 Å². The van der Waals surface area contributed by atoms with Crippen molar-refractivity contribution in [2.24, 2.45) is 52.3 Å². The first-order valence-corrected chi connectivity index (χ1v) is 13.6. The molecule has 1 nitrogen and oxygen atoms in total. The molecule has 1 unspecified atom stereocenters. The molecular weight excluding hydrogens is 364 g/mol. The normalized spacial score (nSPS) is 45.3. The van der Waals surface area contributed by atoms with Crippen molar-refractivity contribution in [2.45, 2.75) is 118 Å². The van der Waals surface area contributed by atoms with E-state index < -0.39 is 0 Å². The lowest BCUT2D eigenvalue weighted by Gasteiger charge is -2.59. The van der Waals surface area contributed by atoms with E-state index in [1.165, 1.54) is 64.2 Å². The molecule has 3 saturated carbocycles. The highest BCUT2D eigenvalue weighted by Gasteiger charge is 2.59. The third-order valence-corrected chi connectivity index (χ3v) is 11.3. The molecule has 1 N–H and O–H groups in total. The Hall–Kier alpha value is -0.300. The molecule has 0 aromatic rings. The second-order valence-electron chi connectivity index (χ2n) is 12.8. The molecule has 4 aliphatic rings. The molecule has 4 rings (SSSR count). The van der Waals surface area contributed by atoms with Crippen molar-refractivity contribution in [1.29, 1.82) is 0 Å². The molecule has 3 fully saturated rings. The van der Waals surface area contributed by atoms with Crippen molar-refractivity contribution in [3.63, 3.8) is 0 Å². The molecule has 9 atom stereocenters. The van der Waals surface area contributed by atoms with Crippen LogP contribution in [-0.4, -0.2) is 11.2 Å². The lowest BCUT2D eigenvalue weighted by atomic mass is 9.46. The highest BCUT2D eigenvalue weighted by Crippen LogP contribution is 2.67. The molecule has 0 saturated heterocycles. The minimum absolute atomic E-state index is 0.173. The van der Waals surface area contributed by atoms with Crippen LogP contribution in [0, 0.1) is 52.3 Å². The third kappa shape index (κ3) is 3.74. The molecule has 0 radical (unpaired) electrons. The van der Waals surface area contributed by atoms with E-state index in [-0.39, 0.29) is 6.10 Å². The molecule has 4 aliphatic carbocycles. The Morgan fingerprint density at radius 2 is 1.73 bits per heavy atom. The van der Waals surface area contributed by atoms with Crippen LogP contribution in [0.1, 0.15) is 112 Å². The minimum Gasteiger partial charge on any atom is -0.389 e. The van der Waals surface area contributed by atoms with Gasteiger partial charge in [0.05, 0.1) is 6.10 Å². The van der Waals surface area contributed by atoms with Crippen LogP contribution >= 0.6 is 0 Å². The van der Waals surface area contributed by atoms with Crippen molar-refractivity contribution in [3.05, 3.63) is 11.6 Å². The molecule has 0 bridgehead atoms. The summed E-state index contributed by atoms with van der Waals surface area (Å²) in [5, 5.41) is 10.2. The maximum Gasteiger partial charge on any atom is 0.0724 e. The van der Waals surface area contributed by atoms with E-state index >= 15 is 0 Å². The Kier molecular flexibility index (Phi) is 6.53. The molecule has 0 aliphatic heterocycles. The van der Waals surface area contributed by atoms with Crippen molar-refractivity contribution >= 4 is 0 Å². The summed E-state index contributed by atoms with van der Waals surface area (Å²) in [4.78, 5) is 0. The molecule has 0 amide bonds. The van der Waals surface area contributed by atoms with Crippen molar-refractivity contribution in [1.82, 2.24) is 0 Å². The lowest BCUT2D eigenvalue weighted by Crippen LogP contribution is -2.51. The fraction of sp³-hybridized carbons (Fsp3) is 0.931. The molecule has 0 heterocycles. The predicted octanol–water partition coefficient (Wildman–Crippen LogP) is 8.02. The van der Waals surface area contributed by atoms with Crippen molar-refractivity contribution < 1.29 is 5.11 Å². The molecule has 30 heavy (non-hydrogen) atoms. The van der Waals surface area contributed by atoms with Crippen LogP contribution in [0.3, 0.4) is 0 Å². The summed E-state index contributed by atoms with van der Waals surface area (Å²) in [5.74, 6) is 6.37. The zero-order chi connectivity index (χ0) is 21.7. The number of rotatable bonds is 6. The van der Waals surface area contributed by atoms with E-state index in [1.807, 2.05) is 0 Å². The fourth-order valence-electron chi connectivity index (χ4n) is 9.37. The van der Waals surface area contributed by atoms with Gasteiger partial charge in [-0.3, -0.25) is 0 Å². The maximum atomic E-state index is 10.2. The smallest absolute Gasteiger partial charge is 0.0724 e. The summed E-state index contributed by atoms with van der Waals surface area (Å²) in [6.45, 7) is 15.1. The van der Waals surface area contributed by atoms with Crippen molar-refractivity contribution in [2.75, 3.05) is 0 Å². The first kappa shape index (κ1) is 22.9. The molecule has 0 spiro atoms. The largest absolute Gasteiger partial charge is 0.389 e. The van der Waals surface area contributed by atoms with Crippen LogP contribution in [0.5, 0.6) is 0 Å². The molecular formula is C29H50O. The van der Waals surface area contributed by atoms with Crippen LogP contribution < -0.4 is 0 Å². The number of hydrogen-bond donors (Lipinski definition) is 1. The standard InChI is InChI=1S/C29H50O/c1-7-21(19(2)3)9-8-20(4)25-12-13-26-24-11-10-22-18-23(30)14-16-28(22,5)27(24)15-17-29(25,26)6/h18-21,23-27,30H,7-17H2,1-6H3/t20-,21?,23+,24+,25-,26+,27+,28+,29-/m1/s1. The average molecular weight is 415 g/mol. The molecule has 172 valence electrons. The zero-order valence-electron chi connectivity index (χ0n) is 20.9. The topological polar surface area (TPSA) is 20.2 Å². The van der Waals surface area contributed by atoms with Crippen LogP contribution in [-0.2, 0) is 0 Å². The summed E-state index contributed by atoms with van der Waals surface area (Å²) in [6, 6.07) is 0. The molecule has 0 aromatic carbocycles. The fourth-order valence-corrected chi connectivity index (χ4v) is 9.37. The monoisotopic (exact) mass is 414 g/mol. The minimum atomic E-state index is -0.173. The highest BCUT2D eigenvalue weighted by molar-refractivity contribution is 5.25. The first-order valence-electron chi connectivity index (χ1n) is 13.6. The Balaban J connectivity index is 1.47. The molecule has 1 heteroatoms. The summed E-state index contributed by atoms with van der Waals surface area (Å²) in [7, 11) is 0. The summed E-state index contributed by atoms with van der Waals surface area (Å²) >= 11 is 0. The van der Waals surface area contributed by atoms with Gasteiger partial charge in [-0.2, -0.15) is 0 Å². The van der Waals surface area contributed by atoms with Gasteiger partial charge in [0.15, 0.2) is 0 Å². The van der Waals surface area contributed by atoms with Gasteiger partial charge in [-0.1, -0.05) is 66.0 Å². The number of hydrogen-bond acceptors (Lipinski definition) is 1. The second-order valence-corrected chi connectivity index (χ2v) is 12.8. The zero-order valence-corrected chi connectivity index (χ0v) is 20.9. The Bertz CT molecular complexity index is 634. The van der Waals surface area contributed by atoms with E-state index in [9.17, 15) is 5.11 Å². The van der Waals surface area contributed by atoms with E-state index in [2.05, 4.69) is 47.6 Å². The number of fused-ring (bicyclic) bond motifs is 5. The highest BCUT2D eigenvalue weighted by atomic mass is 16.3. The first-order chi connectivity index (χ1) is 14.2. The van der Waals surface area contributed by atoms with E-state index in [1.54, 1.807) is 5.57 Å². The van der Waals surface area contributed by atoms with Gasteiger partial charge in [0.1, 0.15) is 0 Å². The van der Waals surface area contributed by atoms with Gasteiger partial charge in [-0.15, -0.1) is 0 Å². The van der Waals surface area contributed by atoms with E-state index in [0.717, 1.165) is 47.8 Å². The van der Waals surface area contributed by atoms with Gasteiger partial charge in [0, 0.05) is 0 Å². The van der Waals surface area contributed by atoms with Crippen LogP contribution in [0.25, 0.3) is 0 Å². The van der Waals surface area contributed by atoms with Gasteiger partial charge in [-0.25, -0.2) is 0 Å². The number of aliphatic hydroxyl groups is 1. The van der Waals surface area contributed by atoms with Gasteiger partial charge >= 0.3 is 0 Å². The van der Waals surface area contributed by atoms with Gasteiger partial charge in [0.25, 0.3) is 0 Å². The third-order valence-electron chi connectivity index (χ3n) is 11.3. The van der Waals surface area contributed by atoms with Gasteiger partial charge in [0.2, 0.25) is 0 Å². The maximum absolute atomic E-state index is 10.2. The average Bonchev–Trinajstić information content (AvgIpc) is 3.06. The second kappa shape index (κ2) is 8.57. The Morgan fingerprint density at radius 1 is 0.967 bits per heavy atom. The summed E-state index contributed by atoms with van der Waals surface area (Å²) < 4.78 is 0. The number of aliphatic hydroxyl groups excluding tert-OH is 1. The predicted molar refractivity (Wildman–Crippen MR) is 128 cm³/mol. The van der Waals surface area contributed by atoms with Crippen LogP contribution in [0.2, 0.25) is 0 Å². The van der Waals surface area contributed by atoms with Crippen LogP contribution in [0.4, 0.5) is 0 Å². The van der Waals surface area contributed by atoms with Gasteiger partial charge < -0.3 is 5.11 Å². The Labute approximate surface area is 187 Å². The Morgan fingerprint density at radius 3 is 2.43 bits per heavy atom. The quantitative estimate of drug-likeness (QED) is 0.436. The van der Waals surface area contributed by atoms with E-state index in [4.69, 9.17) is 0 Å². The number of allylic oxidation sites excluding steroid dienone is 1. The summed E-state index contributed by atoms with van der Waals surface area (Å²) in [5.41, 5.74) is 2.60. The van der Waals surface area contributed by atoms with Crippen molar-refractivity contribution in [3.8, 4) is 0 Å². The lowest BCUT2D eigenvalue weighted by molar-refractivity contribution is -0.0629.